The molecule has 7 heteroatoms. The van der Waals surface area contributed by atoms with Gasteiger partial charge < -0.3 is 9.88 Å². The SMILES string of the molecule is Cc1csc(CN2CCC(c3nnc4n3CCNC4)CC2)n1. The zero-order chi connectivity index (χ0) is 14.9. The number of hydrogen-bond donors (Lipinski definition) is 1. The molecule has 6 nitrogen and oxygen atoms in total. The van der Waals surface area contributed by atoms with E-state index in [4.69, 9.17) is 0 Å². The van der Waals surface area contributed by atoms with Gasteiger partial charge in [-0.2, -0.15) is 0 Å². The summed E-state index contributed by atoms with van der Waals surface area (Å²) in [5.74, 6) is 2.87. The van der Waals surface area contributed by atoms with E-state index in [9.17, 15) is 0 Å². The minimum atomic E-state index is 0.564. The molecule has 0 atom stereocenters. The number of thiazole rings is 1. The van der Waals surface area contributed by atoms with Crippen molar-refractivity contribution in [1.29, 1.82) is 0 Å². The van der Waals surface area contributed by atoms with Crippen LogP contribution in [0.4, 0.5) is 0 Å². The number of nitrogens with one attached hydrogen (secondary N) is 1. The molecule has 118 valence electrons. The van der Waals surface area contributed by atoms with E-state index in [0.29, 0.717) is 5.92 Å². The molecule has 2 aromatic rings. The van der Waals surface area contributed by atoms with Crippen LogP contribution in [0.15, 0.2) is 5.38 Å². The van der Waals surface area contributed by atoms with Gasteiger partial charge in [0.25, 0.3) is 0 Å². The maximum Gasteiger partial charge on any atom is 0.147 e. The lowest BCUT2D eigenvalue weighted by molar-refractivity contribution is 0.199. The van der Waals surface area contributed by atoms with E-state index in [2.05, 4.69) is 42.3 Å². The molecule has 1 N–H and O–H groups in total. The summed E-state index contributed by atoms with van der Waals surface area (Å²) in [5.41, 5.74) is 1.14. The highest BCUT2D eigenvalue weighted by molar-refractivity contribution is 7.09. The first-order chi connectivity index (χ1) is 10.8. The highest BCUT2D eigenvalue weighted by atomic mass is 32.1. The van der Waals surface area contributed by atoms with Crippen LogP contribution >= 0.6 is 11.3 Å². The van der Waals surface area contributed by atoms with E-state index >= 15 is 0 Å². The first-order valence-corrected chi connectivity index (χ1v) is 8.93. The molecule has 4 rings (SSSR count). The van der Waals surface area contributed by atoms with Crippen LogP contribution in [-0.2, 0) is 19.6 Å². The van der Waals surface area contributed by atoms with Gasteiger partial charge in [0.1, 0.15) is 16.7 Å². The van der Waals surface area contributed by atoms with Crippen LogP contribution in [-0.4, -0.2) is 44.3 Å². The molecule has 0 aromatic carbocycles. The Morgan fingerprint density at radius 1 is 1.27 bits per heavy atom. The highest BCUT2D eigenvalue weighted by Crippen LogP contribution is 2.28. The fraction of sp³-hybridized carbons (Fsp3) is 0.667. The van der Waals surface area contributed by atoms with Crippen molar-refractivity contribution in [3.05, 3.63) is 27.7 Å². The standard InChI is InChI=1S/C15H22N6S/c1-11-10-22-14(17-11)9-20-5-2-12(3-6-20)15-19-18-13-8-16-4-7-21(13)15/h10,12,16H,2-9H2,1H3. The summed E-state index contributed by atoms with van der Waals surface area (Å²) in [4.78, 5) is 7.09. The lowest BCUT2D eigenvalue weighted by Crippen LogP contribution is -2.34. The van der Waals surface area contributed by atoms with Crippen molar-refractivity contribution >= 4 is 11.3 Å². The zero-order valence-electron chi connectivity index (χ0n) is 13.0. The molecule has 0 spiro atoms. The summed E-state index contributed by atoms with van der Waals surface area (Å²) in [7, 11) is 0. The largest absolute Gasteiger partial charge is 0.312 e. The number of likely N-dealkylation sites (tertiary alicyclic amines) is 1. The average Bonchev–Trinajstić information content (AvgIpc) is 3.14. The van der Waals surface area contributed by atoms with Crippen LogP contribution in [0.25, 0.3) is 0 Å². The van der Waals surface area contributed by atoms with Gasteiger partial charge in [-0.05, 0) is 32.9 Å². The molecule has 0 saturated carbocycles. The summed E-state index contributed by atoms with van der Waals surface area (Å²) < 4.78 is 2.33. The summed E-state index contributed by atoms with van der Waals surface area (Å²) in [6.45, 7) is 8.21. The first kappa shape index (κ1) is 14.3. The van der Waals surface area contributed by atoms with Gasteiger partial charge in [0.2, 0.25) is 0 Å². The lowest BCUT2D eigenvalue weighted by atomic mass is 9.96. The van der Waals surface area contributed by atoms with Crippen LogP contribution in [0, 0.1) is 6.92 Å². The molecule has 22 heavy (non-hydrogen) atoms. The van der Waals surface area contributed by atoms with Gasteiger partial charge in [0, 0.05) is 30.1 Å². The number of piperidine rings is 1. The summed E-state index contributed by atoms with van der Waals surface area (Å²) in [5, 5.41) is 15.6. The summed E-state index contributed by atoms with van der Waals surface area (Å²) in [6, 6.07) is 0. The molecule has 0 radical (unpaired) electrons. The minimum Gasteiger partial charge on any atom is -0.312 e. The fourth-order valence-corrected chi connectivity index (χ4v) is 4.25. The van der Waals surface area contributed by atoms with E-state index in [1.54, 1.807) is 11.3 Å². The lowest BCUT2D eigenvalue weighted by Gasteiger charge is -2.31. The van der Waals surface area contributed by atoms with Crippen molar-refractivity contribution in [2.75, 3.05) is 19.6 Å². The maximum absolute atomic E-state index is 4.57. The van der Waals surface area contributed by atoms with E-state index in [1.165, 1.54) is 23.7 Å². The van der Waals surface area contributed by atoms with Crippen molar-refractivity contribution in [1.82, 2.24) is 30.0 Å². The van der Waals surface area contributed by atoms with Crippen molar-refractivity contribution in [3.63, 3.8) is 0 Å². The van der Waals surface area contributed by atoms with E-state index < -0.39 is 0 Å². The number of rotatable bonds is 3. The van der Waals surface area contributed by atoms with Crippen LogP contribution in [0.1, 0.15) is 41.1 Å². The third-order valence-electron chi connectivity index (χ3n) is 4.63. The second kappa shape index (κ2) is 6.06. The van der Waals surface area contributed by atoms with Crippen LogP contribution in [0.5, 0.6) is 0 Å². The number of nitrogens with zero attached hydrogens (tertiary/aromatic N) is 5. The Bertz CT molecular complexity index is 640. The van der Waals surface area contributed by atoms with Crippen molar-refractivity contribution in [2.45, 2.75) is 45.3 Å². The van der Waals surface area contributed by atoms with Gasteiger partial charge in [-0.25, -0.2) is 4.98 Å². The molecule has 0 amide bonds. The third-order valence-corrected chi connectivity index (χ3v) is 5.58. The highest BCUT2D eigenvalue weighted by Gasteiger charge is 2.27. The molecule has 0 bridgehead atoms. The monoisotopic (exact) mass is 318 g/mol. The Labute approximate surface area is 134 Å². The Kier molecular flexibility index (Phi) is 3.94. The molecule has 0 unspecified atom stereocenters. The Morgan fingerprint density at radius 3 is 2.91 bits per heavy atom. The van der Waals surface area contributed by atoms with Crippen LogP contribution < -0.4 is 5.32 Å². The van der Waals surface area contributed by atoms with E-state index in [0.717, 1.165) is 50.8 Å². The van der Waals surface area contributed by atoms with Crippen LogP contribution in [0.3, 0.4) is 0 Å². The summed E-state index contributed by atoms with van der Waals surface area (Å²) in [6.07, 6.45) is 2.35. The topological polar surface area (TPSA) is 58.9 Å². The van der Waals surface area contributed by atoms with Gasteiger partial charge in [-0.1, -0.05) is 0 Å². The Hall–Kier alpha value is -1.31. The third kappa shape index (κ3) is 2.80. The van der Waals surface area contributed by atoms with E-state index in [1.807, 2.05) is 0 Å². The minimum absolute atomic E-state index is 0.564. The quantitative estimate of drug-likeness (QED) is 0.930. The maximum atomic E-state index is 4.57. The smallest absolute Gasteiger partial charge is 0.147 e. The van der Waals surface area contributed by atoms with Crippen molar-refractivity contribution in [2.24, 2.45) is 0 Å². The zero-order valence-corrected chi connectivity index (χ0v) is 13.8. The van der Waals surface area contributed by atoms with Gasteiger partial charge in [0.15, 0.2) is 0 Å². The number of aromatic nitrogens is 4. The molecular formula is C15H22N6S. The Balaban J connectivity index is 1.38. The number of fused-ring (bicyclic) bond motifs is 1. The second-order valence-electron chi connectivity index (χ2n) is 6.24. The molecule has 1 fully saturated rings. The van der Waals surface area contributed by atoms with Crippen molar-refractivity contribution in [3.8, 4) is 0 Å². The predicted molar refractivity (Wildman–Crippen MR) is 85.8 cm³/mol. The van der Waals surface area contributed by atoms with Gasteiger partial charge >= 0.3 is 0 Å². The summed E-state index contributed by atoms with van der Waals surface area (Å²) >= 11 is 1.77. The number of hydrogen-bond acceptors (Lipinski definition) is 6. The van der Waals surface area contributed by atoms with Gasteiger partial charge in [-0.15, -0.1) is 21.5 Å². The van der Waals surface area contributed by atoms with E-state index in [-0.39, 0.29) is 0 Å². The molecule has 0 aliphatic carbocycles. The molecule has 1 saturated heterocycles. The normalized spacial score (nSPS) is 20.2. The second-order valence-corrected chi connectivity index (χ2v) is 7.18. The average molecular weight is 318 g/mol. The molecule has 2 aromatic heterocycles. The van der Waals surface area contributed by atoms with Gasteiger partial charge in [0.05, 0.1) is 13.1 Å². The molecular weight excluding hydrogens is 296 g/mol. The van der Waals surface area contributed by atoms with Gasteiger partial charge in [-0.3, -0.25) is 4.90 Å². The molecule has 2 aliphatic heterocycles. The first-order valence-electron chi connectivity index (χ1n) is 8.05. The molecule has 4 heterocycles. The Morgan fingerprint density at radius 2 is 2.14 bits per heavy atom. The fourth-order valence-electron chi connectivity index (χ4n) is 3.43. The molecule has 2 aliphatic rings. The predicted octanol–water partition coefficient (Wildman–Crippen LogP) is 1.53. The number of aryl methyl sites for hydroxylation is 1. The van der Waals surface area contributed by atoms with Crippen molar-refractivity contribution < 1.29 is 0 Å². The van der Waals surface area contributed by atoms with Crippen LogP contribution in [0.2, 0.25) is 0 Å².